The number of amides is 1. The molecule has 1 aromatic heterocycles. The largest absolute Gasteiger partial charge is 0.355 e. The van der Waals surface area contributed by atoms with E-state index in [9.17, 15) is 9.18 Å². The Morgan fingerprint density at radius 1 is 1.13 bits per heavy atom. The minimum absolute atomic E-state index is 0.0287. The highest BCUT2D eigenvalue weighted by Crippen LogP contribution is 2.25. The van der Waals surface area contributed by atoms with Gasteiger partial charge < -0.3 is 10.2 Å². The van der Waals surface area contributed by atoms with Crippen LogP contribution in [0.3, 0.4) is 0 Å². The number of piperidine rings is 1. The summed E-state index contributed by atoms with van der Waals surface area (Å²) in [5.74, 6) is 0.578. The second-order valence-corrected chi connectivity index (χ2v) is 8.34. The number of hydrogen-bond acceptors (Lipinski definition) is 5. The second-order valence-electron chi connectivity index (χ2n) is 7.61. The summed E-state index contributed by atoms with van der Waals surface area (Å²) in [6, 6.07) is 16.6. The molecule has 0 bridgehead atoms. The summed E-state index contributed by atoms with van der Waals surface area (Å²) in [6.07, 6.45) is 3.28. The van der Waals surface area contributed by atoms with E-state index in [1.807, 2.05) is 18.2 Å². The monoisotopic (exact) mass is 424 g/mol. The van der Waals surface area contributed by atoms with E-state index in [0.717, 1.165) is 42.3 Å². The molecule has 0 spiro atoms. The zero-order chi connectivity index (χ0) is 20.8. The van der Waals surface area contributed by atoms with Crippen molar-refractivity contribution in [3.05, 3.63) is 77.4 Å². The maximum absolute atomic E-state index is 13.1. The fourth-order valence-electron chi connectivity index (χ4n) is 3.71. The third-order valence-electron chi connectivity index (χ3n) is 5.35. The zero-order valence-corrected chi connectivity index (χ0v) is 17.6. The molecule has 30 heavy (non-hydrogen) atoms. The third-order valence-corrected chi connectivity index (χ3v) is 6.17. The highest BCUT2D eigenvalue weighted by Gasteiger charge is 2.27. The molecule has 156 valence electrons. The Labute approximate surface area is 180 Å². The SMILES string of the molecule is O=C(NCCc1ccccc1)[C@@H]1CCCN(c2nc(Cc3ccc(F)cc3)ns2)C1. The van der Waals surface area contributed by atoms with Gasteiger partial charge in [-0.05, 0) is 42.5 Å². The van der Waals surface area contributed by atoms with Gasteiger partial charge in [-0.3, -0.25) is 4.79 Å². The Kier molecular flexibility index (Phi) is 6.69. The summed E-state index contributed by atoms with van der Waals surface area (Å²) in [5.41, 5.74) is 2.21. The highest BCUT2D eigenvalue weighted by atomic mass is 32.1. The Morgan fingerprint density at radius 3 is 2.73 bits per heavy atom. The molecule has 2 aromatic carbocycles. The Bertz CT molecular complexity index is 961. The molecule has 1 N–H and O–H groups in total. The van der Waals surface area contributed by atoms with E-state index in [1.54, 1.807) is 12.1 Å². The fourth-order valence-corrected chi connectivity index (χ4v) is 4.43. The highest BCUT2D eigenvalue weighted by molar-refractivity contribution is 7.09. The molecule has 3 aromatic rings. The molecule has 0 aliphatic carbocycles. The maximum Gasteiger partial charge on any atom is 0.224 e. The number of nitrogens with zero attached hydrogens (tertiary/aromatic N) is 3. The number of rotatable bonds is 7. The predicted octanol–water partition coefficient (Wildman–Crippen LogP) is 3.84. The molecular formula is C23H25FN4OS. The van der Waals surface area contributed by atoms with Crippen molar-refractivity contribution >= 4 is 22.6 Å². The molecule has 1 amide bonds. The van der Waals surface area contributed by atoms with Gasteiger partial charge in [0.15, 0.2) is 0 Å². The van der Waals surface area contributed by atoms with Gasteiger partial charge >= 0.3 is 0 Å². The van der Waals surface area contributed by atoms with Gasteiger partial charge in [-0.1, -0.05) is 42.5 Å². The average molecular weight is 425 g/mol. The molecule has 7 heteroatoms. The minimum atomic E-state index is -0.243. The number of carbonyl (C=O) groups is 1. The van der Waals surface area contributed by atoms with E-state index in [1.165, 1.54) is 29.2 Å². The number of halogens is 1. The Hall–Kier alpha value is -2.80. The van der Waals surface area contributed by atoms with Crippen LogP contribution in [-0.4, -0.2) is 34.9 Å². The van der Waals surface area contributed by atoms with Crippen LogP contribution in [0.4, 0.5) is 9.52 Å². The predicted molar refractivity (Wildman–Crippen MR) is 117 cm³/mol. The first-order valence-corrected chi connectivity index (χ1v) is 11.1. The van der Waals surface area contributed by atoms with Gasteiger partial charge in [0.1, 0.15) is 11.6 Å². The summed E-state index contributed by atoms with van der Waals surface area (Å²) < 4.78 is 17.5. The molecule has 5 nitrogen and oxygen atoms in total. The van der Waals surface area contributed by atoms with E-state index >= 15 is 0 Å². The van der Waals surface area contributed by atoms with Crippen molar-refractivity contribution in [1.82, 2.24) is 14.7 Å². The standard InChI is InChI=1S/C23H25FN4OS/c24-20-10-8-18(9-11-20)15-21-26-23(30-27-21)28-14-4-7-19(16-28)22(29)25-13-12-17-5-2-1-3-6-17/h1-3,5-6,8-11,19H,4,7,12-16H2,(H,25,29)/t19-/m1/s1. The van der Waals surface area contributed by atoms with Crippen LogP contribution in [0, 0.1) is 11.7 Å². The fraction of sp³-hybridized carbons (Fsp3) is 0.348. The molecule has 0 unspecified atom stereocenters. The number of carbonyl (C=O) groups excluding carboxylic acids is 1. The van der Waals surface area contributed by atoms with Crippen molar-refractivity contribution in [2.45, 2.75) is 25.7 Å². The number of benzene rings is 2. The van der Waals surface area contributed by atoms with Gasteiger partial charge in [-0.15, -0.1) is 0 Å². The Balaban J connectivity index is 1.29. The van der Waals surface area contributed by atoms with Gasteiger partial charge in [0, 0.05) is 37.6 Å². The molecule has 0 radical (unpaired) electrons. The molecule has 1 fully saturated rings. The smallest absolute Gasteiger partial charge is 0.224 e. The summed E-state index contributed by atoms with van der Waals surface area (Å²) in [4.78, 5) is 19.5. The molecule has 2 heterocycles. The zero-order valence-electron chi connectivity index (χ0n) is 16.8. The quantitative estimate of drug-likeness (QED) is 0.626. The average Bonchev–Trinajstić information content (AvgIpc) is 3.25. The Morgan fingerprint density at radius 2 is 1.93 bits per heavy atom. The van der Waals surface area contributed by atoms with Gasteiger partial charge in [-0.2, -0.15) is 4.37 Å². The molecule has 4 rings (SSSR count). The van der Waals surface area contributed by atoms with Crippen molar-refractivity contribution in [3.8, 4) is 0 Å². The van der Waals surface area contributed by atoms with Crippen molar-refractivity contribution in [3.63, 3.8) is 0 Å². The number of aromatic nitrogens is 2. The first-order chi connectivity index (χ1) is 14.7. The molecule has 1 saturated heterocycles. The van der Waals surface area contributed by atoms with E-state index in [4.69, 9.17) is 0 Å². The van der Waals surface area contributed by atoms with Crippen LogP contribution in [0.2, 0.25) is 0 Å². The normalized spacial score (nSPS) is 16.4. The van der Waals surface area contributed by atoms with E-state index in [-0.39, 0.29) is 17.6 Å². The lowest BCUT2D eigenvalue weighted by Gasteiger charge is -2.31. The third kappa shape index (κ3) is 5.42. The van der Waals surface area contributed by atoms with Crippen LogP contribution in [0.25, 0.3) is 0 Å². The van der Waals surface area contributed by atoms with E-state index < -0.39 is 0 Å². The van der Waals surface area contributed by atoms with Gasteiger partial charge in [0.05, 0.1) is 5.92 Å². The molecular weight excluding hydrogens is 399 g/mol. The first kappa shape index (κ1) is 20.5. The van der Waals surface area contributed by atoms with Crippen molar-refractivity contribution in [1.29, 1.82) is 0 Å². The second kappa shape index (κ2) is 9.80. The van der Waals surface area contributed by atoms with E-state index in [2.05, 4.69) is 31.7 Å². The topological polar surface area (TPSA) is 58.1 Å². The molecule has 1 atom stereocenters. The van der Waals surface area contributed by atoms with Crippen molar-refractivity contribution in [2.24, 2.45) is 5.92 Å². The molecule has 1 aliphatic heterocycles. The first-order valence-electron chi connectivity index (χ1n) is 10.3. The minimum Gasteiger partial charge on any atom is -0.355 e. The molecule has 0 saturated carbocycles. The van der Waals surface area contributed by atoms with Gasteiger partial charge in [0.25, 0.3) is 0 Å². The summed E-state index contributed by atoms with van der Waals surface area (Å²) in [5, 5.41) is 3.94. The van der Waals surface area contributed by atoms with Crippen molar-refractivity contribution < 1.29 is 9.18 Å². The van der Waals surface area contributed by atoms with Crippen LogP contribution in [0.1, 0.15) is 29.8 Å². The van der Waals surface area contributed by atoms with Crippen molar-refractivity contribution in [2.75, 3.05) is 24.5 Å². The lowest BCUT2D eigenvalue weighted by molar-refractivity contribution is -0.125. The van der Waals surface area contributed by atoms with Crippen LogP contribution < -0.4 is 10.2 Å². The number of nitrogens with one attached hydrogen (secondary N) is 1. The summed E-state index contributed by atoms with van der Waals surface area (Å²) >= 11 is 1.37. The summed E-state index contributed by atoms with van der Waals surface area (Å²) in [6.45, 7) is 2.21. The number of anilines is 1. The van der Waals surface area contributed by atoms with E-state index in [0.29, 0.717) is 19.5 Å². The molecule has 1 aliphatic rings. The number of hydrogen-bond donors (Lipinski definition) is 1. The maximum atomic E-state index is 13.1. The summed E-state index contributed by atoms with van der Waals surface area (Å²) in [7, 11) is 0. The lowest BCUT2D eigenvalue weighted by Crippen LogP contribution is -2.43. The van der Waals surface area contributed by atoms with Crippen LogP contribution in [0.15, 0.2) is 54.6 Å². The van der Waals surface area contributed by atoms with Gasteiger partial charge in [0.2, 0.25) is 11.0 Å². The van der Waals surface area contributed by atoms with Crippen LogP contribution >= 0.6 is 11.5 Å². The lowest BCUT2D eigenvalue weighted by atomic mass is 9.97. The van der Waals surface area contributed by atoms with Crippen LogP contribution in [-0.2, 0) is 17.6 Å². The van der Waals surface area contributed by atoms with Gasteiger partial charge in [-0.25, -0.2) is 9.37 Å². The van der Waals surface area contributed by atoms with Crippen LogP contribution in [0.5, 0.6) is 0 Å².